The van der Waals surface area contributed by atoms with Gasteiger partial charge in [-0.05, 0) is 35.6 Å². The Morgan fingerprint density at radius 3 is 2.23 bits per heavy atom. The molecule has 0 fully saturated rings. The van der Waals surface area contributed by atoms with Gasteiger partial charge in [0.1, 0.15) is 5.75 Å². The highest BCUT2D eigenvalue weighted by atomic mass is 16.3. The van der Waals surface area contributed by atoms with Gasteiger partial charge in [-0.2, -0.15) is 0 Å². The molecule has 0 saturated carbocycles. The Labute approximate surface area is 79.4 Å². The van der Waals surface area contributed by atoms with Gasteiger partial charge >= 0.3 is 0 Å². The van der Waals surface area contributed by atoms with Crippen molar-refractivity contribution < 1.29 is 5.11 Å². The number of benzene rings is 1. The predicted molar refractivity (Wildman–Crippen MR) is 56.0 cm³/mol. The van der Waals surface area contributed by atoms with Crippen LogP contribution in [0.3, 0.4) is 0 Å². The lowest BCUT2D eigenvalue weighted by atomic mass is 9.84. The monoisotopic (exact) mass is 179 g/mol. The average molecular weight is 179 g/mol. The number of nitrogen functional groups attached to an aromatic ring is 1. The number of phenols is 1. The third-order valence-corrected chi connectivity index (χ3v) is 2.18. The van der Waals surface area contributed by atoms with E-state index >= 15 is 0 Å². The molecule has 2 nitrogen and oxygen atoms in total. The van der Waals surface area contributed by atoms with Crippen molar-refractivity contribution in [2.24, 2.45) is 0 Å². The van der Waals surface area contributed by atoms with Gasteiger partial charge in [-0.1, -0.05) is 20.8 Å². The second-order valence-electron chi connectivity index (χ2n) is 4.47. The van der Waals surface area contributed by atoms with E-state index in [9.17, 15) is 5.11 Å². The Kier molecular flexibility index (Phi) is 2.24. The maximum absolute atomic E-state index is 9.43. The van der Waals surface area contributed by atoms with E-state index in [1.54, 1.807) is 12.1 Å². The van der Waals surface area contributed by atoms with Gasteiger partial charge < -0.3 is 10.8 Å². The van der Waals surface area contributed by atoms with Crippen LogP contribution in [0.5, 0.6) is 5.75 Å². The number of hydrogen-bond donors (Lipinski definition) is 2. The molecule has 0 atom stereocenters. The van der Waals surface area contributed by atoms with E-state index in [4.69, 9.17) is 5.73 Å². The van der Waals surface area contributed by atoms with Crippen molar-refractivity contribution >= 4 is 5.69 Å². The van der Waals surface area contributed by atoms with Gasteiger partial charge in [-0.3, -0.25) is 0 Å². The molecule has 0 aromatic heterocycles. The Morgan fingerprint density at radius 2 is 1.77 bits per heavy atom. The molecule has 0 bridgehead atoms. The van der Waals surface area contributed by atoms with Gasteiger partial charge in [-0.25, -0.2) is 0 Å². The highest BCUT2D eigenvalue weighted by Crippen LogP contribution is 2.32. The first-order valence-electron chi connectivity index (χ1n) is 4.42. The fourth-order valence-electron chi connectivity index (χ4n) is 1.40. The zero-order valence-corrected chi connectivity index (χ0v) is 8.68. The number of phenolic OH excluding ortho intramolecular Hbond substituents is 1. The minimum Gasteiger partial charge on any atom is -0.508 e. The van der Waals surface area contributed by atoms with Crippen molar-refractivity contribution in [3.05, 3.63) is 23.3 Å². The largest absolute Gasteiger partial charge is 0.508 e. The highest BCUT2D eigenvalue weighted by molar-refractivity contribution is 5.58. The third kappa shape index (κ3) is 1.94. The zero-order valence-electron chi connectivity index (χ0n) is 8.68. The molecule has 13 heavy (non-hydrogen) atoms. The highest BCUT2D eigenvalue weighted by Gasteiger charge is 2.18. The lowest BCUT2D eigenvalue weighted by Gasteiger charge is -2.22. The Hall–Kier alpha value is -1.18. The Balaban J connectivity index is 3.37. The minimum atomic E-state index is -0.0203. The maximum atomic E-state index is 9.43. The first-order chi connectivity index (χ1) is 5.82. The molecule has 0 aliphatic carbocycles. The summed E-state index contributed by atoms with van der Waals surface area (Å²) in [6.45, 7) is 8.15. The van der Waals surface area contributed by atoms with Crippen LogP contribution >= 0.6 is 0 Å². The van der Waals surface area contributed by atoms with E-state index in [1.807, 2.05) is 6.92 Å². The van der Waals surface area contributed by atoms with Gasteiger partial charge in [-0.15, -0.1) is 0 Å². The molecule has 2 heteroatoms. The van der Waals surface area contributed by atoms with Crippen LogP contribution in [-0.4, -0.2) is 5.11 Å². The first kappa shape index (κ1) is 9.90. The van der Waals surface area contributed by atoms with Gasteiger partial charge in [0.15, 0.2) is 0 Å². The summed E-state index contributed by atoms with van der Waals surface area (Å²) >= 11 is 0. The first-order valence-corrected chi connectivity index (χ1v) is 4.42. The van der Waals surface area contributed by atoms with E-state index in [1.165, 1.54) is 0 Å². The van der Waals surface area contributed by atoms with Crippen molar-refractivity contribution in [1.82, 2.24) is 0 Å². The zero-order chi connectivity index (χ0) is 10.2. The SMILES string of the molecule is Cc1cc(O)cc(C(C)(C)C)c1N. The molecule has 0 aliphatic heterocycles. The van der Waals surface area contributed by atoms with Crippen molar-refractivity contribution in [3.8, 4) is 5.75 Å². The average Bonchev–Trinajstić information content (AvgIpc) is 1.94. The molecule has 0 amide bonds. The summed E-state index contributed by atoms with van der Waals surface area (Å²) < 4.78 is 0. The van der Waals surface area contributed by atoms with Crippen LogP contribution in [0.4, 0.5) is 5.69 Å². The van der Waals surface area contributed by atoms with Crippen LogP contribution in [0, 0.1) is 6.92 Å². The van der Waals surface area contributed by atoms with Crippen LogP contribution in [0.1, 0.15) is 31.9 Å². The van der Waals surface area contributed by atoms with Gasteiger partial charge in [0.2, 0.25) is 0 Å². The number of anilines is 1. The van der Waals surface area contributed by atoms with Crippen molar-refractivity contribution in [3.63, 3.8) is 0 Å². The summed E-state index contributed by atoms with van der Waals surface area (Å²) in [7, 11) is 0. The number of nitrogens with two attached hydrogens (primary N) is 1. The molecular formula is C11H17NO. The second-order valence-corrected chi connectivity index (χ2v) is 4.47. The van der Waals surface area contributed by atoms with Crippen molar-refractivity contribution in [1.29, 1.82) is 0 Å². The second kappa shape index (κ2) is 2.95. The summed E-state index contributed by atoms with van der Waals surface area (Å²) in [4.78, 5) is 0. The Bertz CT molecular complexity index is 324. The third-order valence-electron chi connectivity index (χ3n) is 2.18. The van der Waals surface area contributed by atoms with Crippen LogP contribution in [-0.2, 0) is 5.41 Å². The predicted octanol–water partition coefficient (Wildman–Crippen LogP) is 2.58. The van der Waals surface area contributed by atoms with Crippen LogP contribution in [0.2, 0.25) is 0 Å². The molecular weight excluding hydrogens is 162 g/mol. The summed E-state index contributed by atoms with van der Waals surface area (Å²) in [6, 6.07) is 3.42. The number of aryl methyl sites for hydroxylation is 1. The summed E-state index contributed by atoms with van der Waals surface area (Å²) in [5.74, 6) is 0.289. The fourth-order valence-corrected chi connectivity index (χ4v) is 1.40. The van der Waals surface area contributed by atoms with E-state index < -0.39 is 0 Å². The molecule has 0 aliphatic rings. The number of aromatic hydroxyl groups is 1. The summed E-state index contributed by atoms with van der Waals surface area (Å²) in [5, 5.41) is 9.43. The van der Waals surface area contributed by atoms with Gasteiger partial charge in [0, 0.05) is 5.69 Å². The van der Waals surface area contributed by atoms with Crippen LogP contribution in [0.25, 0.3) is 0 Å². The molecule has 1 rings (SSSR count). The normalized spacial score (nSPS) is 11.7. The molecule has 3 N–H and O–H groups in total. The molecule has 1 aromatic rings. The maximum Gasteiger partial charge on any atom is 0.116 e. The number of rotatable bonds is 0. The smallest absolute Gasteiger partial charge is 0.116 e. The molecule has 72 valence electrons. The molecule has 0 radical (unpaired) electrons. The summed E-state index contributed by atoms with van der Waals surface area (Å²) in [6.07, 6.45) is 0. The van der Waals surface area contributed by atoms with Crippen LogP contribution in [0.15, 0.2) is 12.1 Å². The van der Waals surface area contributed by atoms with E-state index in [0.29, 0.717) is 0 Å². The lowest BCUT2D eigenvalue weighted by molar-refractivity contribution is 0.471. The van der Waals surface area contributed by atoms with E-state index in [0.717, 1.165) is 16.8 Å². The van der Waals surface area contributed by atoms with Gasteiger partial charge in [0.25, 0.3) is 0 Å². The van der Waals surface area contributed by atoms with Crippen molar-refractivity contribution in [2.45, 2.75) is 33.1 Å². The molecule has 0 unspecified atom stereocenters. The molecule has 1 aromatic carbocycles. The quantitative estimate of drug-likeness (QED) is 0.475. The topological polar surface area (TPSA) is 46.2 Å². The molecule has 0 spiro atoms. The van der Waals surface area contributed by atoms with Crippen LogP contribution < -0.4 is 5.73 Å². The minimum absolute atomic E-state index is 0.0203. The number of hydrogen-bond acceptors (Lipinski definition) is 2. The van der Waals surface area contributed by atoms with E-state index in [-0.39, 0.29) is 11.2 Å². The lowest BCUT2D eigenvalue weighted by Crippen LogP contribution is -2.14. The van der Waals surface area contributed by atoms with Gasteiger partial charge in [0.05, 0.1) is 0 Å². The van der Waals surface area contributed by atoms with Crippen molar-refractivity contribution in [2.75, 3.05) is 5.73 Å². The standard InChI is InChI=1S/C11H17NO/c1-7-5-8(13)6-9(10(7)12)11(2,3)4/h5-6,13H,12H2,1-4H3. The molecule has 0 saturated heterocycles. The fraction of sp³-hybridized carbons (Fsp3) is 0.455. The summed E-state index contributed by atoms with van der Waals surface area (Å²) in [5.41, 5.74) is 8.63. The molecule has 0 heterocycles. The van der Waals surface area contributed by atoms with E-state index in [2.05, 4.69) is 20.8 Å². The Morgan fingerprint density at radius 1 is 1.23 bits per heavy atom.